The normalized spacial score (nSPS) is 12.1. The second kappa shape index (κ2) is 5.54. The molecule has 1 nitrogen and oxygen atoms in total. The van der Waals surface area contributed by atoms with Crippen LogP contribution in [0.1, 0.15) is 0 Å². The zero-order chi connectivity index (χ0) is 11.4. The van der Waals surface area contributed by atoms with Crippen molar-refractivity contribution in [1.29, 1.82) is 0 Å². The minimum Gasteiger partial charge on any atom is -0.453 e. The molecule has 16 heavy (non-hydrogen) atoms. The molecule has 2 rings (SSSR count). The predicted molar refractivity (Wildman–Crippen MR) is 70.9 cm³/mol. The van der Waals surface area contributed by atoms with Gasteiger partial charge in [-0.1, -0.05) is 41.9 Å². The van der Waals surface area contributed by atoms with Crippen LogP contribution < -0.4 is 9.83 Å². The molecule has 0 saturated heterocycles. The summed E-state index contributed by atoms with van der Waals surface area (Å²) in [5.41, 5.74) is 0. The van der Waals surface area contributed by atoms with E-state index in [0.717, 1.165) is 11.1 Å². The second-order valence-corrected chi connectivity index (χ2v) is 5.67. The van der Waals surface area contributed by atoms with Crippen LogP contribution in [-0.4, -0.2) is 0 Å². The lowest BCUT2D eigenvalue weighted by atomic mass is 10.3. The van der Waals surface area contributed by atoms with E-state index in [1.54, 1.807) is 12.1 Å². The van der Waals surface area contributed by atoms with Gasteiger partial charge in [-0.3, -0.25) is 0 Å². The minimum atomic E-state index is -1.13. The van der Waals surface area contributed by atoms with Gasteiger partial charge in [0.1, 0.15) is 5.75 Å². The Balaban J connectivity index is 2.08. The fourth-order valence-corrected chi connectivity index (χ4v) is 2.71. The molecule has 0 bridgehead atoms. The summed E-state index contributed by atoms with van der Waals surface area (Å²) in [5.74, 6) is 0.731. The summed E-state index contributed by atoms with van der Waals surface area (Å²) in [6, 6.07) is 16.9. The summed E-state index contributed by atoms with van der Waals surface area (Å²) < 4.78 is 5.63. The van der Waals surface area contributed by atoms with Crippen LogP contribution >= 0.6 is 30.3 Å². The van der Waals surface area contributed by atoms with E-state index in [9.17, 15) is 0 Å². The summed E-state index contributed by atoms with van der Waals surface area (Å²) in [5, 5.41) is 1.68. The van der Waals surface area contributed by atoms with Gasteiger partial charge in [0.05, 0.1) is 0 Å². The Bertz CT molecular complexity index is 444. The second-order valence-electron chi connectivity index (χ2n) is 3.13. The molecule has 0 aliphatic carbocycles. The first-order valence-electron chi connectivity index (χ1n) is 4.70. The molecule has 1 unspecified atom stereocenters. The molecule has 2 aromatic rings. The number of rotatable bonds is 3. The SMILES string of the molecule is Clc1ccc(OP(Cl)c2ccccc2)cc1. The van der Waals surface area contributed by atoms with Gasteiger partial charge < -0.3 is 4.52 Å². The van der Waals surface area contributed by atoms with Crippen LogP contribution in [0.15, 0.2) is 54.6 Å². The summed E-state index contributed by atoms with van der Waals surface area (Å²) >= 11 is 12.0. The van der Waals surface area contributed by atoms with Gasteiger partial charge >= 0.3 is 0 Å². The van der Waals surface area contributed by atoms with E-state index in [0.29, 0.717) is 5.02 Å². The highest BCUT2D eigenvalue weighted by molar-refractivity contribution is 7.86. The van der Waals surface area contributed by atoms with Crippen LogP contribution in [0.4, 0.5) is 0 Å². The molecule has 2 aromatic carbocycles. The quantitative estimate of drug-likeness (QED) is 0.741. The molecule has 0 fully saturated rings. The monoisotopic (exact) mass is 270 g/mol. The first-order chi connectivity index (χ1) is 7.75. The molecule has 0 spiro atoms. The maximum absolute atomic E-state index is 6.19. The maximum atomic E-state index is 6.19. The smallest absolute Gasteiger partial charge is 0.215 e. The standard InChI is InChI=1S/C12H9Cl2OP/c13-10-6-8-11(9-7-10)15-16(14)12-4-2-1-3-5-12/h1-9H. The fourth-order valence-electron chi connectivity index (χ4n) is 1.19. The van der Waals surface area contributed by atoms with Crippen LogP contribution in [0.3, 0.4) is 0 Å². The lowest BCUT2D eigenvalue weighted by molar-refractivity contribution is 0.634. The molecular weight excluding hydrogens is 262 g/mol. The van der Waals surface area contributed by atoms with Crippen molar-refractivity contribution >= 4 is 35.6 Å². The fraction of sp³-hybridized carbons (Fsp3) is 0. The highest BCUT2D eigenvalue weighted by Gasteiger charge is 2.09. The van der Waals surface area contributed by atoms with Gasteiger partial charge in [0.25, 0.3) is 0 Å². The topological polar surface area (TPSA) is 9.23 Å². The van der Waals surface area contributed by atoms with E-state index >= 15 is 0 Å². The van der Waals surface area contributed by atoms with E-state index in [-0.39, 0.29) is 0 Å². The Morgan fingerprint density at radius 3 is 2.12 bits per heavy atom. The average molecular weight is 271 g/mol. The molecule has 0 radical (unpaired) electrons. The third-order valence-corrected chi connectivity index (χ3v) is 4.08. The molecule has 0 N–H and O–H groups in total. The lowest BCUT2D eigenvalue weighted by Crippen LogP contribution is -1.99. The number of hydrogen-bond acceptors (Lipinski definition) is 1. The first kappa shape index (κ1) is 11.7. The molecule has 82 valence electrons. The molecule has 0 aliphatic heterocycles. The number of benzene rings is 2. The van der Waals surface area contributed by atoms with E-state index in [2.05, 4.69) is 0 Å². The summed E-state index contributed by atoms with van der Waals surface area (Å²) in [6.45, 7) is 0. The van der Waals surface area contributed by atoms with Crippen molar-refractivity contribution in [2.24, 2.45) is 0 Å². The lowest BCUT2D eigenvalue weighted by Gasteiger charge is -2.11. The summed E-state index contributed by atoms with van der Waals surface area (Å²) in [4.78, 5) is 0. The van der Waals surface area contributed by atoms with E-state index in [1.165, 1.54) is 0 Å². The average Bonchev–Trinajstić information content (AvgIpc) is 2.33. The number of hydrogen-bond donors (Lipinski definition) is 0. The molecule has 0 saturated carbocycles. The van der Waals surface area contributed by atoms with Crippen LogP contribution in [0.25, 0.3) is 0 Å². The zero-order valence-electron chi connectivity index (χ0n) is 8.31. The third kappa shape index (κ3) is 3.12. The Morgan fingerprint density at radius 2 is 1.50 bits per heavy atom. The van der Waals surface area contributed by atoms with Crippen molar-refractivity contribution in [1.82, 2.24) is 0 Å². The highest BCUT2D eigenvalue weighted by atomic mass is 35.7. The largest absolute Gasteiger partial charge is 0.453 e. The van der Waals surface area contributed by atoms with Crippen molar-refractivity contribution in [3.05, 3.63) is 59.6 Å². The molecule has 1 atom stereocenters. The molecule has 0 amide bonds. The van der Waals surface area contributed by atoms with Crippen molar-refractivity contribution < 1.29 is 4.52 Å². The molecule has 4 heteroatoms. The molecule has 0 heterocycles. The van der Waals surface area contributed by atoms with Crippen LogP contribution in [-0.2, 0) is 0 Å². The van der Waals surface area contributed by atoms with Crippen LogP contribution in [0.2, 0.25) is 5.02 Å². The van der Waals surface area contributed by atoms with E-state index in [4.69, 9.17) is 27.4 Å². The van der Waals surface area contributed by atoms with E-state index < -0.39 is 7.50 Å². The van der Waals surface area contributed by atoms with Gasteiger partial charge in [0, 0.05) is 10.3 Å². The minimum absolute atomic E-state index is 0.686. The maximum Gasteiger partial charge on any atom is 0.215 e. The predicted octanol–water partition coefficient (Wildman–Crippen LogP) is 4.60. The van der Waals surface area contributed by atoms with E-state index in [1.807, 2.05) is 42.5 Å². The Morgan fingerprint density at radius 1 is 0.875 bits per heavy atom. The van der Waals surface area contributed by atoms with Crippen molar-refractivity contribution in [2.75, 3.05) is 0 Å². The van der Waals surface area contributed by atoms with Crippen LogP contribution in [0, 0.1) is 0 Å². The molecule has 0 aromatic heterocycles. The Labute approximate surface area is 106 Å². The Kier molecular flexibility index (Phi) is 4.06. The van der Waals surface area contributed by atoms with Crippen molar-refractivity contribution in [2.45, 2.75) is 0 Å². The Hall–Kier alpha value is -0.750. The van der Waals surface area contributed by atoms with Gasteiger partial charge in [-0.2, -0.15) is 0 Å². The van der Waals surface area contributed by atoms with Crippen molar-refractivity contribution in [3.63, 3.8) is 0 Å². The zero-order valence-corrected chi connectivity index (χ0v) is 10.7. The van der Waals surface area contributed by atoms with Gasteiger partial charge in [-0.15, -0.1) is 0 Å². The molecule has 0 aliphatic rings. The summed E-state index contributed by atoms with van der Waals surface area (Å²) in [6.07, 6.45) is 0. The highest BCUT2D eigenvalue weighted by Crippen LogP contribution is 2.41. The third-order valence-electron chi connectivity index (χ3n) is 1.96. The first-order valence-corrected chi connectivity index (χ1v) is 7.24. The molecular formula is C12H9Cl2OP. The van der Waals surface area contributed by atoms with Crippen molar-refractivity contribution in [3.8, 4) is 5.75 Å². The summed E-state index contributed by atoms with van der Waals surface area (Å²) in [7, 11) is -1.13. The number of halogens is 2. The van der Waals surface area contributed by atoms with Crippen LogP contribution in [0.5, 0.6) is 5.75 Å². The van der Waals surface area contributed by atoms with Gasteiger partial charge in [-0.05, 0) is 35.5 Å². The van der Waals surface area contributed by atoms with Gasteiger partial charge in [0.2, 0.25) is 7.50 Å². The van der Waals surface area contributed by atoms with Gasteiger partial charge in [0.15, 0.2) is 0 Å². The van der Waals surface area contributed by atoms with Gasteiger partial charge in [-0.25, -0.2) is 0 Å².